The Balaban J connectivity index is 1.29. The van der Waals surface area contributed by atoms with Gasteiger partial charge in [-0.3, -0.25) is 9.59 Å². The van der Waals surface area contributed by atoms with Crippen LogP contribution in [-0.2, 0) is 9.53 Å². The first-order chi connectivity index (χ1) is 15.6. The Kier molecular flexibility index (Phi) is 7.19. The van der Waals surface area contributed by atoms with Crippen LogP contribution in [0, 0.1) is 0 Å². The molecule has 2 aromatic carbocycles. The van der Waals surface area contributed by atoms with Gasteiger partial charge in [0.1, 0.15) is 6.10 Å². The fourth-order valence-corrected chi connectivity index (χ4v) is 4.11. The van der Waals surface area contributed by atoms with Gasteiger partial charge in [0, 0.05) is 37.4 Å². The zero-order valence-electron chi connectivity index (χ0n) is 18.0. The molecule has 3 atom stereocenters. The van der Waals surface area contributed by atoms with E-state index in [4.69, 9.17) is 4.74 Å². The quantitative estimate of drug-likeness (QED) is 0.677. The van der Waals surface area contributed by atoms with Gasteiger partial charge in [0.25, 0.3) is 5.91 Å². The number of carbonyl (C=O) groups excluding carboxylic acids is 2. The molecule has 0 unspecified atom stereocenters. The zero-order valence-corrected chi connectivity index (χ0v) is 18.0. The number of para-hydroxylation sites is 1. The molecule has 0 aliphatic carbocycles. The van der Waals surface area contributed by atoms with Crippen molar-refractivity contribution in [3.05, 3.63) is 78.4 Å². The Labute approximate surface area is 188 Å². The van der Waals surface area contributed by atoms with Crippen molar-refractivity contribution < 1.29 is 19.4 Å². The summed E-state index contributed by atoms with van der Waals surface area (Å²) in [4.78, 5) is 29.4. The van der Waals surface area contributed by atoms with Gasteiger partial charge in [-0.15, -0.1) is 0 Å². The van der Waals surface area contributed by atoms with Crippen LogP contribution in [0.15, 0.2) is 72.8 Å². The summed E-state index contributed by atoms with van der Waals surface area (Å²) in [5, 5.41) is 12.7. The van der Waals surface area contributed by atoms with Crippen molar-refractivity contribution in [3.8, 4) is 0 Å². The SMILES string of the molecule is O=C(N[C@@H]1C=C[C@H](CC(=O)N2CCN(c3ccccc3)CC2)O[C@@H]1CO)c1ccccc1. The first-order valence-corrected chi connectivity index (χ1v) is 11.0. The molecule has 7 heteroatoms. The summed E-state index contributed by atoms with van der Waals surface area (Å²) in [6.45, 7) is 2.69. The Hall–Kier alpha value is -3.16. The highest BCUT2D eigenvalue weighted by atomic mass is 16.5. The number of hydrogen-bond donors (Lipinski definition) is 2. The monoisotopic (exact) mass is 435 g/mol. The van der Waals surface area contributed by atoms with Crippen LogP contribution in [0.1, 0.15) is 16.8 Å². The van der Waals surface area contributed by atoms with Crippen molar-refractivity contribution in [2.24, 2.45) is 0 Å². The summed E-state index contributed by atoms with van der Waals surface area (Å²) in [7, 11) is 0. The third-order valence-electron chi connectivity index (χ3n) is 5.93. The second-order valence-electron chi connectivity index (χ2n) is 8.05. The number of nitrogens with zero attached hydrogens (tertiary/aromatic N) is 2. The number of benzene rings is 2. The van der Waals surface area contributed by atoms with Crippen LogP contribution in [0.2, 0.25) is 0 Å². The van der Waals surface area contributed by atoms with Crippen molar-refractivity contribution in [2.45, 2.75) is 24.7 Å². The minimum atomic E-state index is -0.597. The van der Waals surface area contributed by atoms with Gasteiger partial charge >= 0.3 is 0 Å². The highest BCUT2D eigenvalue weighted by Crippen LogP contribution is 2.19. The molecule has 1 fully saturated rings. The molecule has 2 aliphatic heterocycles. The molecule has 2 N–H and O–H groups in total. The summed E-state index contributed by atoms with van der Waals surface area (Å²) in [5.74, 6) is -0.191. The second-order valence-corrected chi connectivity index (χ2v) is 8.05. The van der Waals surface area contributed by atoms with E-state index in [1.165, 1.54) is 5.69 Å². The molecule has 0 bridgehead atoms. The van der Waals surface area contributed by atoms with Crippen LogP contribution >= 0.6 is 0 Å². The Bertz CT molecular complexity index is 927. The van der Waals surface area contributed by atoms with Crippen LogP contribution in [0.4, 0.5) is 5.69 Å². The van der Waals surface area contributed by atoms with Gasteiger partial charge in [-0.25, -0.2) is 0 Å². The maximum atomic E-state index is 12.8. The number of piperazine rings is 1. The molecule has 0 saturated carbocycles. The van der Waals surface area contributed by atoms with E-state index in [1.54, 1.807) is 30.3 Å². The normalized spacial score (nSPS) is 23.1. The molecule has 0 aromatic heterocycles. The fourth-order valence-electron chi connectivity index (χ4n) is 4.11. The molecule has 0 spiro atoms. The zero-order chi connectivity index (χ0) is 22.3. The smallest absolute Gasteiger partial charge is 0.251 e. The third-order valence-corrected chi connectivity index (χ3v) is 5.93. The predicted molar refractivity (Wildman–Crippen MR) is 122 cm³/mol. The molecule has 2 aliphatic rings. The molecule has 168 valence electrons. The average Bonchev–Trinajstić information content (AvgIpc) is 2.86. The predicted octanol–water partition coefficient (Wildman–Crippen LogP) is 1.84. The molecule has 0 radical (unpaired) electrons. The molecule has 2 heterocycles. The minimum absolute atomic E-state index is 0.0378. The van der Waals surface area contributed by atoms with E-state index >= 15 is 0 Å². The first-order valence-electron chi connectivity index (χ1n) is 11.0. The van der Waals surface area contributed by atoms with Gasteiger partial charge in [0.05, 0.1) is 25.2 Å². The van der Waals surface area contributed by atoms with Crippen molar-refractivity contribution in [1.82, 2.24) is 10.2 Å². The van der Waals surface area contributed by atoms with Crippen LogP contribution in [-0.4, -0.2) is 72.9 Å². The van der Waals surface area contributed by atoms with Crippen molar-refractivity contribution in [2.75, 3.05) is 37.7 Å². The molecule has 32 heavy (non-hydrogen) atoms. The Morgan fingerprint density at radius 1 is 0.938 bits per heavy atom. The maximum Gasteiger partial charge on any atom is 0.251 e. The third kappa shape index (κ3) is 5.36. The Morgan fingerprint density at radius 2 is 1.59 bits per heavy atom. The summed E-state index contributed by atoms with van der Waals surface area (Å²) >= 11 is 0. The van der Waals surface area contributed by atoms with E-state index in [1.807, 2.05) is 35.2 Å². The molecule has 7 nitrogen and oxygen atoms in total. The minimum Gasteiger partial charge on any atom is -0.394 e. The lowest BCUT2D eigenvalue weighted by atomic mass is 10.0. The van der Waals surface area contributed by atoms with E-state index in [0.29, 0.717) is 18.7 Å². The van der Waals surface area contributed by atoms with Crippen molar-refractivity contribution in [3.63, 3.8) is 0 Å². The number of nitrogens with one attached hydrogen (secondary N) is 1. The van der Waals surface area contributed by atoms with Crippen LogP contribution in [0.3, 0.4) is 0 Å². The number of aliphatic hydroxyl groups excluding tert-OH is 1. The number of aliphatic hydroxyl groups is 1. The molecule has 1 saturated heterocycles. The van der Waals surface area contributed by atoms with Gasteiger partial charge < -0.3 is 25.0 Å². The van der Waals surface area contributed by atoms with E-state index in [0.717, 1.165) is 13.1 Å². The first kappa shape index (κ1) is 22.0. The largest absolute Gasteiger partial charge is 0.394 e. The molecule has 4 rings (SSSR count). The van der Waals surface area contributed by atoms with Gasteiger partial charge in [-0.05, 0) is 24.3 Å². The van der Waals surface area contributed by atoms with E-state index in [9.17, 15) is 14.7 Å². The van der Waals surface area contributed by atoms with E-state index in [-0.39, 0.29) is 24.8 Å². The lowest BCUT2D eigenvalue weighted by Gasteiger charge is -2.37. The second kappa shape index (κ2) is 10.4. The standard InChI is InChI=1S/C25H29N3O4/c29-18-23-22(26-25(31)19-7-3-1-4-8-19)12-11-21(32-23)17-24(30)28-15-13-27(14-16-28)20-9-5-2-6-10-20/h1-12,21-23,29H,13-18H2,(H,26,31)/t21-,22-,23-/m1/s1. The van der Waals surface area contributed by atoms with E-state index < -0.39 is 18.2 Å². The van der Waals surface area contributed by atoms with Crippen molar-refractivity contribution in [1.29, 1.82) is 0 Å². The van der Waals surface area contributed by atoms with Gasteiger partial charge in [-0.1, -0.05) is 48.6 Å². The summed E-state index contributed by atoms with van der Waals surface area (Å²) < 4.78 is 5.93. The van der Waals surface area contributed by atoms with Crippen LogP contribution in [0.5, 0.6) is 0 Å². The van der Waals surface area contributed by atoms with Crippen molar-refractivity contribution >= 4 is 17.5 Å². The number of amides is 2. The molecule has 2 amide bonds. The number of carbonyl (C=O) groups is 2. The molecular formula is C25H29N3O4. The fraction of sp³-hybridized carbons (Fsp3) is 0.360. The lowest BCUT2D eigenvalue weighted by Crippen LogP contribution is -2.51. The van der Waals surface area contributed by atoms with Crippen LogP contribution < -0.4 is 10.2 Å². The number of ether oxygens (including phenoxy) is 1. The van der Waals surface area contributed by atoms with Gasteiger partial charge in [0.15, 0.2) is 0 Å². The number of hydrogen-bond acceptors (Lipinski definition) is 5. The summed E-state index contributed by atoms with van der Waals surface area (Å²) in [6, 6.07) is 18.7. The molecule has 2 aromatic rings. The van der Waals surface area contributed by atoms with Crippen LogP contribution in [0.25, 0.3) is 0 Å². The summed E-state index contributed by atoms with van der Waals surface area (Å²) in [6.07, 6.45) is 2.83. The topological polar surface area (TPSA) is 82.1 Å². The summed E-state index contributed by atoms with van der Waals surface area (Å²) in [5.41, 5.74) is 1.72. The Morgan fingerprint density at radius 3 is 2.25 bits per heavy atom. The highest BCUT2D eigenvalue weighted by Gasteiger charge is 2.31. The number of anilines is 1. The average molecular weight is 436 g/mol. The number of rotatable bonds is 6. The maximum absolute atomic E-state index is 12.8. The van der Waals surface area contributed by atoms with E-state index in [2.05, 4.69) is 22.3 Å². The highest BCUT2D eigenvalue weighted by molar-refractivity contribution is 5.94. The molecular weight excluding hydrogens is 406 g/mol. The van der Waals surface area contributed by atoms with Gasteiger partial charge in [-0.2, -0.15) is 0 Å². The lowest BCUT2D eigenvalue weighted by molar-refractivity contribution is -0.135. The van der Waals surface area contributed by atoms with Gasteiger partial charge in [0.2, 0.25) is 5.91 Å².